The van der Waals surface area contributed by atoms with Crippen molar-refractivity contribution in [2.24, 2.45) is 0 Å². The average molecular weight is 499 g/mol. The third-order valence-electron chi connectivity index (χ3n) is 5.77. The molecule has 0 radical (unpaired) electrons. The van der Waals surface area contributed by atoms with Gasteiger partial charge in [-0.2, -0.15) is 10.1 Å². The monoisotopic (exact) mass is 498 g/mol. The Kier molecular flexibility index (Phi) is 6.87. The van der Waals surface area contributed by atoms with Gasteiger partial charge >= 0.3 is 6.36 Å². The van der Waals surface area contributed by atoms with Crippen molar-refractivity contribution < 1.29 is 27.4 Å². The number of hydrogen-bond acceptors (Lipinski definition) is 5. The van der Waals surface area contributed by atoms with E-state index in [1.165, 1.54) is 19.2 Å². The summed E-state index contributed by atoms with van der Waals surface area (Å²) in [6.45, 7) is 5.88. The lowest BCUT2D eigenvalue weighted by atomic mass is 10.0. The van der Waals surface area contributed by atoms with Gasteiger partial charge < -0.3 is 14.8 Å². The number of rotatable bonds is 7. The molecule has 1 N–H and O–H groups in total. The first-order valence-corrected chi connectivity index (χ1v) is 11.2. The maximum atomic E-state index is 12.6. The van der Waals surface area contributed by atoms with Gasteiger partial charge in [0.25, 0.3) is 0 Å². The molecule has 0 aliphatic carbocycles. The van der Waals surface area contributed by atoms with Gasteiger partial charge in [-0.25, -0.2) is 4.68 Å². The van der Waals surface area contributed by atoms with Crippen LogP contribution < -0.4 is 14.8 Å². The van der Waals surface area contributed by atoms with E-state index in [1.54, 1.807) is 4.68 Å². The summed E-state index contributed by atoms with van der Waals surface area (Å²) in [5.41, 5.74) is 5.58. The highest BCUT2D eigenvalue weighted by Crippen LogP contribution is 2.32. The van der Waals surface area contributed by atoms with Gasteiger partial charge in [0.15, 0.2) is 5.65 Å². The van der Waals surface area contributed by atoms with Crippen LogP contribution >= 0.6 is 0 Å². The second kappa shape index (κ2) is 9.88. The Morgan fingerprint density at radius 3 is 2.31 bits per heavy atom. The van der Waals surface area contributed by atoms with Crippen LogP contribution in [0.25, 0.3) is 16.7 Å². The fourth-order valence-electron chi connectivity index (χ4n) is 4.06. The molecule has 2 aromatic heterocycles. The number of pyridine rings is 1. The van der Waals surface area contributed by atoms with Crippen LogP contribution in [0.3, 0.4) is 0 Å². The van der Waals surface area contributed by atoms with Gasteiger partial charge in [-0.05, 0) is 69.2 Å². The van der Waals surface area contributed by atoms with E-state index in [2.05, 4.69) is 15.2 Å². The number of aromatic nitrogens is 3. The molecule has 0 aliphatic heterocycles. The van der Waals surface area contributed by atoms with E-state index in [0.29, 0.717) is 23.6 Å². The van der Waals surface area contributed by atoms with Crippen LogP contribution in [0.5, 0.6) is 11.6 Å². The first kappa shape index (κ1) is 25.0. The summed E-state index contributed by atoms with van der Waals surface area (Å²) < 4.78 is 48.2. The summed E-state index contributed by atoms with van der Waals surface area (Å²) in [6, 6.07) is 12.9. The predicted octanol–water partition coefficient (Wildman–Crippen LogP) is 5.82. The molecule has 7 nitrogen and oxygen atoms in total. The molecule has 10 heteroatoms. The summed E-state index contributed by atoms with van der Waals surface area (Å²) in [5.74, 6) is -0.246. The van der Waals surface area contributed by atoms with E-state index in [0.717, 1.165) is 45.6 Å². The molecule has 0 atom stereocenters. The van der Waals surface area contributed by atoms with E-state index in [1.807, 2.05) is 45.0 Å². The van der Waals surface area contributed by atoms with Crippen LogP contribution in [0.4, 0.5) is 18.9 Å². The molecule has 0 spiro atoms. The molecule has 0 saturated heterocycles. The highest BCUT2D eigenvalue weighted by Gasteiger charge is 2.31. The SMILES string of the molecule is COc1nc2c(c(C)nn2-c2ccc(C)cc2)c(C)c1CCC(=O)Nc1ccc(OC(F)(F)F)cc1. The average Bonchev–Trinajstić information content (AvgIpc) is 3.15. The van der Waals surface area contributed by atoms with Crippen molar-refractivity contribution >= 4 is 22.6 Å². The third kappa shape index (κ3) is 5.42. The number of anilines is 1. The predicted molar refractivity (Wildman–Crippen MR) is 130 cm³/mol. The summed E-state index contributed by atoms with van der Waals surface area (Å²) in [7, 11) is 1.53. The summed E-state index contributed by atoms with van der Waals surface area (Å²) in [6.07, 6.45) is -4.30. The largest absolute Gasteiger partial charge is 0.573 e. The number of benzene rings is 2. The fraction of sp³-hybridized carbons (Fsp3) is 0.269. The molecule has 4 aromatic rings. The Labute approximate surface area is 205 Å². The van der Waals surface area contributed by atoms with Crippen LogP contribution in [0.1, 0.15) is 28.8 Å². The maximum absolute atomic E-state index is 12.6. The van der Waals surface area contributed by atoms with Crippen LogP contribution in [0, 0.1) is 20.8 Å². The zero-order valence-electron chi connectivity index (χ0n) is 20.2. The van der Waals surface area contributed by atoms with Gasteiger partial charge in [-0.1, -0.05) is 17.7 Å². The van der Waals surface area contributed by atoms with Crippen LogP contribution in [-0.4, -0.2) is 34.1 Å². The number of aryl methyl sites for hydroxylation is 3. The van der Waals surface area contributed by atoms with E-state index in [-0.39, 0.29) is 18.1 Å². The van der Waals surface area contributed by atoms with E-state index in [4.69, 9.17) is 9.72 Å². The number of carbonyl (C=O) groups is 1. The molecule has 1 amide bonds. The van der Waals surface area contributed by atoms with E-state index in [9.17, 15) is 18.0 Å². The molecule has 0 unspecified atom stereocenters. The molecule has 0 aliphatic rings. The van der Waals surface area contributed by atoms with Gasteiger partial charge in [0.1, 0.15) is 5.75 Å². The van der Waals surface area contributed by atoms with Crippen LogP contribution in [-0.2, 0) is 11.2 Å². The number of ether oxygens (including phenoxy) is 2. The number of nitrogens with one attached hydrogen (secondary N) is 1. The van der Waals surface area contributed by atoms with Gasteiger partial charge in [0.2, 0.25) is 11.8 Å². The van der Waals surface area contributed by atoms with Crippen LogP contribution in [0.2, 0.25) is 0 Å². The number of fused-ring (bicyclic) bond motifs is 1. The van der Waals surface area contributed by atoms with Gasteiger partial charge in [-0.15, -0.1) is 13.2 Å². The Balaban J connectivity index is 1.53. The van der Waals surface area contributed by atoms with Crippen molar-refractivity contribution in [2.45, 2.75) is 40.0 Å². The lowest BCUT2D eigenvalue weighted by Gasteiger charge is -2.13. The molecule has 0 saturated carbocycles. The number of alkyl halides is 3. The number of hydrogen-bond donors (Lipinski definition) is 1. The molecule has 36 heavy (non-hydrogen) atoms. The number of nitrogens with zero attached hydrogens (tertiary/aromatic N) is 3. The minimum atomic E-state index is -4.77. The third-order valence-corrected chi connectivity index (χ3v) is 5.77. The van der Waals surface area contributed by atoms with E-state index >= 15 is 0 Å². The maximum Gasteiger partial charge on any atom is 0.573 e. The van der Waals surface area contributed by atoms with Gasteiger partial charge in [-0.3, -0.25) is 4.79 Å². The van der Waals surface area contributed by atoms with E-state index < -0.39 is 6.36 Å². The Hall–Kier alpha value is -4.08. The summed E-state index contributed by atoms with van der Waals surface area (Å²) in [5, 5.41) is 8.27. The number of halogens is 3. The van der Waals surface area contributed by atoms with Gasteiger partial charge in [0, 0.05) is 23.1 Å². The zero-order chi connectivity index (χ0) is 26.0. The molecule has 4 rings (SSSR count). The molecule has 0 bridgehead atoms. The molecular weight excluding hydrogens is 473 g/mol. The second-order valence-electron chi connectivity index (χ2n) is 8.38. The standard InChI is InChI=1S/C26H25F3N4O3/c1-15-5-9-19(10-6-15)33-24-23(17(3)32-33)16(2)21(25(31-24)35-4)13-14-22(34)30-18-7-11-20(12-8-18)36-26(27,28)29/h5-12H,13-14H2,1-4H3,(H,30,34). The molecule has 2 heterocycles. The number of amides is 1. The normalized spacial score (nSPS) is 11.5. The highest BCUT2D eigenvalue weighted by atomic mass is 19.4. The van der Waals surface area contributed by atoms with Gasteiger partial charge in [0.05, 0.1) is 18.5 Å². The molecule has 2 aromatic carbocycles. The zero-order valence-corrected chi connectivity index (χ0v) is 20.2. The van der Waals surface area contributed by atoms with Crippen molar-refractivity contribution in [3.63, 3.8) is 0 Å². The van der Waals surface area contributed by atoms with Crippen molar-refractivity contribution in [3.05, 3.63) is 70.9 Å². The van der Waals surface area contributed by atoms with Crippen LogP contribution in [0.15, 0.2) is 48.5 Å². The summed E-state index contributed by atoms with van der Waals surface area (Å²) >= 11 is 0. The minimum Gasteiger partial charge on any atom is -0.481 e. The van der Waals surface area contributed by atoms with Crippen molar-refractivity contribution in [2.75, 3.05) is 12.4 Å². The Bertz CT molecular complexity index is 1400. The molecule has 0 fully saturated rings. The fourth-order valence-corrected chi connectivity index (χ4v) is 4.06. The summed E-state index contributed by atoms with van der Waals surface area (Å²) in [4.78, 5) is 17.3. The first-order chi connectivity index (χ1) is 17.1. The lowest BCUT2D eigenvalue weighted by molar-refractivity contribution is -0.274. The van der Waals surface area contributed by atoms with Crippen molar-refractivity contribution in [3.8, 4) is 17.3 Å². The topological polar surface area (TPSA) is 78.3 Å². The lowest BCUT2D eigenvalue weighted by Crippen LogP contribution is -2.17. The quantitative estimate of drug-likeness (QED) is 0.347. The Morgan fingerprint density at radius 1 is 1.03 bits per heavy atom. The molecule has 188 valence electrons. The van der Waals surface area contributed by atoms with Crippen molar-refractivity contribution in [1.29, 1.82) is 0 Å². The second-order valence-corrected chi connectivity index (χ2v) is 8.38. The number of carbonyl (C=O) groups excluding carboxylic acids is 1. The number of methoxy groups -OCH3 is 1. The highest BCUT2D eigenvalue weighted by molar-refractivity contribution is 5.91. The van der Waals surface area contributed by atoms with Crippen molar-refractivity contribution in [1.82, 2.24) is 14.8 Å². The minimum absolute atomic E-state index is 0.121. The smallest absolute Gasteiger partial charge is 0.481 e. The molecular formula is C26H25F3N4O3. The Morgan fingerprint density at radius 2 is 1.69 bits per heavy atom. The first-order valence-electron chi connectivity index (χ1n) is 11.2.